The second-order valence-corrected chi connectivity index (χ2v) is 11.1. The van der Waals surface area contributed by atoms with Crippen molar-refractivity contribution in [3.8, 4) is 0 Å². The molecule has 0 aliphatic carbocycles. The molecule has 0 unspecified atom stereocenters. The summed E-state index contributed by atoms with van der Waals surface area (Å²) in [5, 5.41) is 5.42. The van der Waals surface area contributed by atoms with E-state index in [0.717, 1.165) is 59.8 Å². The van der Waals surface area contributed by atoms with Crippen molar-refractivity contribution < 1.29 is 0 Å². The predicted octanol–water partition coefficient (Wildman–Crippen LogP) is 9.54. The molecule has 220 valence electrons. The Morgan fingerprint density at radius 2 is 1.39 bits per heavy atom. The van der Waals surface area contributed by atoms with Gasteiger partial charge in [0.2, 0.25) is 0 Å². The third-order valence-electron chi connectivity index (χ3n) is 7.29. The molecule has 0 fully saturated rings. The van der Waals surface area contributed by atoms with Crippen LogP contribution in [0.4, 0.5) is 0 Å². The Morgan fingerprint density at radius 1 is 0.750 bits per heavy atom. The van der Waals surface area contributed by atoms with Crippen LogP contribution >= 0.6 is 11.3 Å². The van der Waals surface area contributed by atoms with Gasteiger partial charge in [0.15, 0.2) is 0 Å². The average Bonchev–Trinajstić information content (AvgIpc) is 3.38. The summed E-state index contributed by atoms with van der Waals surface area (Å²) in [5.74, 6) is 0. The molecular weight excluding hydrogens is 549 g/mol. The van der Waals surface area contributed by atoms with Crippen LogP contribution in [0.1, 0.15) is 41.0 Å². The lowest BCUT2D eigenvalue weighted by Gasteiger charge is -2.11. The molecule has 0 N–H and O–H groups in total. The standard InChI is InChI=1S/C43H42S/c1-11-20-33(29-32(17-7)37-26-19-27-40-34(18-8)42(25-16-6)44-43(37)40)30(9)28-41-36(22-13-3)31(10)35(21-12-2)38(23-14-4)39(41)24-15-5/h11-29H,1-2,4-5,7-9H2,3,6,10H3/b22-13-,25-16-,32-29+,33-20+,35-21-,38-23+,39-24-,41-28-. The van der Waals surface area contributed by atoms with Crippen molar-refractivity contribution in [1.82, 2.24) is 0 Å². The number of thiophene rings is 1. The number of hydrogen-bond donors (Lipinski definition) is 0. The molecular formula is C43H42S. The maximum absolute atomic E-state index is 4.55. The van der Waals surface area contributed by atoms with Crippen molar-refractivity contribution >= 4 is 69.5 Å². The number of fused-ring (bicyclic) bond motifs is 1. The smallest absolute Gasteiger partial charge is 0.0433 e. The van der Waals surface area contributed by atoms with Crippen LogP contribution in [0.15, 0.2) is 130 Å². The highest BCUT2D eigenvalue weighted by Gasteiger charge is 2.13. The summed E-state index contributed by atoms with van der Waals surface area (Å²) in [6.07, 6.45) is 31.9. The second kappa shape index (κ2) is 16.0. The van der Waals surface area contributed by atoms with Gasteiger partial charge in [-0.3, -0.25) is 0 Å². The van der Waals surface area contributed by atoms with Gasteiger partial charge in [0.25, 0.3) is 0 Å². The molecule has 0 saturated carbocycles. The van der Waals surface area contributed by atoms with Crippen LogP contribution in [0.5, 0.6) is 0 Å². The Kier molecular flexibility index (Phi) is 12.2. The third kappa shape index (κ3) is 6.97. The van der Waals surface area contributed by atoms with Crippen molar-refractivity contribution in [3.05, 3.63) is 178 Å². The summed E-state index contributed by atoms with van der Waals surface area (Å²) in [7, 11) is 0. The quantitative estimate of drug-likeness (QED) is 0.184. The lowest BCUT2D eigenvalue weighted by molar-refractivity contribution is 1.28. The topological polar surface area (TPSA) is 0 Å². The zero-order valence-corrected chi connectivity index (χ0v) is 27.1. The van der Waals surface area contributed by atoms with Gasteiger partial charge >= 0.3 is 0 Å². The van der Waals surface area contributed by atoms with Crippen LogP contribution < -0.4 is 20.9 Å². The molecule has 0 aliphatic heterocycles. The molecule has 1 heterocycles. The molecule has 44 heavy (non-hydrogen) atoms. The first kappa shape index (κ1) is 33.5. The molecule has 0 saturated heterocycles. The van der Waals surface area contributed by atoms with Gasteiger partial charge in [-0.15, -0.1) is 11.3 Å². The van der Waals surface area contributed by atoms with Crippen molar-refractivity contribution in [2.45, 2.75) is 20.8 Å². The highest BCUT2D eigenvalue weighted by molar-refractivity contribution is 7.20. The van der Waals surface area contributed by atoms with E-state index in [4.69, 9.17) is 0 Å². The van der Waals surface area contributed by atoms with Crippen LogP contribution in [-0.4, -0.2) is 0 Å². The van der Waals surface area contributed by atoms with E-state index in [1.54, 1.807) is 17.4 Å². The highest BCUT2D eigenvalue weighted by atomic mass is 32.1. The third-order valence-corrected chi connectivity index (χ3v) is 8.51. The van der Waals surface area contributed by atoms with Crippen molar-refractivity contribution in [2.75, 3.05) is 0 Å². The highest BCUT2D eigenvalue weighted by Crippen LogP contribution is 2.38. The minimum atomic E-state index is 0.845. The fourth-order valence-electron chi connectivity index (χ4n) is 5.37. The van der Waals surface area contributed by atoms with E-state index < -0.39 is 0 Å². The van der Waals surface area contributed by atoms with Gasteiger partial charge in [0, 0.05) is 15.0 Å². The molecule has 3 rings (SSSR count). The molecule has 0 spiro atoms. The zero-order valence-electron chi connectivity index (χ0n) is 26.3. The molecule has 0 nitrogen and oxygen atoms in total. The number of allylic oxidation sites excluding steroid dienone is 12. The Balaban J connectivity index is 2.42. The zero-order chi connectivity index (χ0) is 32.2. The maximum Gasteiger partial charge on any atom is 0.0433 e. The normalized spacial score (nSPS) is 14.2. The first-order valence-corrected chi connectivity index (χ1v) is 15.4. The minimum Gasteiger partial charge on any atom is -0.135 e. The average molecular weight is 591 g/mol. The largest absolute Gasteiger partial charge is 0.135 e. The van der Waals surface area contributed by atoms with Gasteiger partial charge in [-0.25, -0.2) is 0 Å². The summed E-state index contributed by atoms with van der Waals surface area (Å²) < 4.78 is 1.20. The summed E-state index contributed by atoms with van der Waals surface area (Å²) in [4.78, 5) is 1.19. The number of hydrogen-bond acceptors (Lipinski definition) is 1. The number of benzene rings is 2. The molecule has 0 radical (unpaired) electrons. The maximum atomic E-state index is 4.55. The summed E-state index contributed by atoms with van der Waals surface area (Å²) in [6, 6.07) is 6.39. The summed E-state index contributed by atoms with van der Waals surface area (Å²) in [5.41, 5.74) is 7.30. The van der Waals surface area contributed by atoms with Gasteiger partial charge in [-0.1, -0.05) is 143 Å². The van der Waals surface area contributed by atoms with Crippen LogP contribution in [0.25, 0.3) is 58.2 Å². The lowest BCUT2D eigenvalue weighted by Crippen LogP contribution is -2.51. The van der Waals surface area contributed by atoms with Gasteiger partial charge < -0.3 is 0 Å². The summed E-state index contributed by atoms with van der Waals surface area (Å²) in [6.45, 7) is 35.0. The number of rotatable bonds is 12. The van der Waals surface area contributed by atoms with E-state index in [2.05, 4.69) is 108 Å². The minimum absolute atomic E-state index is 0.845. The SMILES string of the molecule is C=C/C=c1c(C)c(/C=C\C)c(=C/C(=C)C(=C/C=C)/C=C(\C=C)c2cccc3c(C=C)c(/C=C\C)sc23)/c(=C\C=C)c/1=C/C=C. The van der Waals surface area contributed by atoms with Crippen molar-refractivity contribution in [1.29, 1.82) is 0 Å². The van der Waals surface area contributed by atoms with E-state index in [-0.39, 0.29) is 0 Å². The molecule has 0 amide bonds. The van der Waals surface area contributed by atoms with Gasteiger partial charge in [0.1, 0.15) is 0 Å². The van der Waals surface area contributed by atoms with E-state index in [0.29, 0.717) is 0 Å². The molecule has 0 atom stereocenters. The predicted molar refractivity (Wildman–Crippen MR) is 205 cm³/mol. The molecule has 3 aromatic rings. The second-order valence-electron chi connectivity index (χ2n) is 10.00. The summed E-state index contributed by atoms with van der Waals surface area (Å²) >= 11 is 1.76. The molecule has 2 aromatic carbocycles. The fourth-order valence-corrected chi connectivity index (χ4v) is 6.68. The van der Waals surface area contributed by atoms with Crippen LogP contribution in [0.3, 0.4) is 0 Å². The van der Waals surface area contributed by atoms with Crippen LogP contribution in [-0.2, 0) is 0 Å². The first-order chi connectivity index (χ1) is 21.3. The van der Waals surface area contributed by atoms with Crippen LogP contribution in [0, 0.1) is 6.92 Å². The van der Waals surface area contributed by atoms with E-state index in [1.165, 1.54) is 15.0 Å². The van der Waals surface area contributed by atoms with E-state index in [9.17, 15) is 0 Å². The molecule has 1 aromatic heterocycles. The molecule has 1 heteroatoms. The Morgan fingerprint density at radius 3 is 1.95 bits per heavy atom. The Bertz CT molecular complexity index is 2040. The Hall–Kier alpha value is -4.98. The first-order valence-electron chi connectivity index (χ1n) is 14.6. The van der Waals surface area contributed by atoms with Crippen molar-refractivity contribution in [3.63, 3.8) is 0 Å². The van der Waals surface area contributed by atoms with Gasteiger partial charge in [-0.05, 0) is 98.8 Å². The van der Waals surface area contributed by atoms with E-state index in [1.807, 2.05) is 68.5 Å². The van der Waals surface area contributed by atoms with Crippen molar-refractivity contribution in [2.24, 2.45) is 0 Å². The Labute approximate surface area is 267 Å². The monoisotopic (exact) mass is 590 g/mol. The molecule has 0 bridgehead atoms. The van der Waals surface area contributed by atoms with Gasteiger partial charge in [0.05, 0.1) is 0 Å². The lowest BCUT2D eigenvalue weighted by atomic mass is 9.93. The van der Waals surface area contributed by atoms with Gasteiger partial charge in [-0.2, -0.15) is 0 Å². The fraction of sp³-hybridized carbons (Fsp3) is 0.0698. The van der Waals surface area contributed by atoms with E-state index >= 15 is 0 Å². The van der Waals surface area contributed by atoms with Crippen LogP contribution in [0.2, 0.25) is 0 Å². The molecule has 0 aliphatic rings.